The Bertz CT molecular complexity index is 340. The third-order valence-corrected chi connectivity index (χ3v) is 4.09. The molecule has 1 rings (SSSR count). The van der Waals surface area contributed by atoms with E-state index in [1.54, 1.807) is 0 Å². The number of thiol groups is 2. The number of hydrogen-bond acceptors (Lipinski definition) is 4. The van der Waals surface area contributed by atoms with Crippen molar-refractivity contribution in [3.05, 3.63) is 35.9 Å². The first-order valence-corrected chi connectivity index (χ1v) is 9.19. The van der Waals surface area contributed by atoms with Gasteiger partial charge in [0, 0.05) is 24.6 Å². The highest BCUT2D eigenvalue weighted by Crippen LogP contribution is 2.03. The van der Waals surface area contributed by atoms with Gasteiger partial charge >= 0.3 is 0 Å². The molecular formula is C17H30N2S2. The molecule has 0 radical (unpaired) electrons. The summed E-state index contributed by atoms with van der Waals surface area (Å²) in [7, 11) is 2.23. The molecule has 1 aromatic carbocycles. The van der Waals surface area contributed by atoms with Crippen molar-refractivity contribution in [3.63, 3.8) is 0 Å². The van der Waals surface area contributed by atoms with Gasteiger partial charge in [0.15, 0.2) is 0 Å². The minimum absolute atomic E-state index is 0.931. The zero-order valence-electron chi connectivity index (χ0n) is 13.2. The Morgan fingerprint density at radius 2 is 1.43 bits per heavy atom. The lowest BCUT2D eigenvalue weighted by molar-refractivity contribution is 0.264. The Kier molecular flexibility index (Phi) is 11.1. The zero-order chi connectivity index (χ0) is 15.3. The van der Waals surface area contributed by atoms with Crippen LogP contribution in [-0.4, -0.2) is 61.1 Å². The number of hydrogen-bond donors (Lipinski definition) is 2. The predicted molar refractivity (Wildman–Crippen MR) is 101 cm³/mol. The van der Waals surface area contributed by atoms with Crippen LogP contribution in [-0.2, 0) is 6.42 Å². The van der Waals surface area contributed by atoms with E-state index >= 15 is 0 Å². The molecule has 0 atom stereocenters. The van der Waals surface area contributed by atoms with E-state index in [2.05, 4.69) is 72.4 Å². The van der Waals surface area contributed by atoms with Crippen LogP contribution in [0.5, 0.6) is 0 Å². The van der Waals surface area contributed by atoms with Crippen LogP contribution in [0.4, 0.5) is 0 Å². The summed E-state index contributed by atoms with van der Waals surface area (Å²) in [5, 5.41) is 0. The average molecular weight is 327 g/mol. The molecule has 0 amide bonds. The lowest BCUT2D eigenvalue weighted by Crippen LogP contribution is -2.31. The van der Waals surface area contributed by atoms with Crippen LogP contribution < -0.4 is 0 Å². The van der Waals surface area contributed by atoms with Crippen LogP contribution in [0.1, 0.15) is 18.4 Å². The fourth-order valence-electron chi connectivity index (χ4n) is 2.49. The summed E-state index contributed by atoms with van der Waals surface area (Å²) in [5.41, 5.74) is 1.44. The number of nitrogens with zero attached hydrogens (tertiary/aromatic N) is 2. The molecule has 0 aromatic heterocycles. The minimum atomic E-state index is 0.931. The SMILES string of the molecule is CN(CCCc1ccccc1)CCCN(CCS)CCS. The van der Waals surface area contributed by atoms with E-state index in [-0.39, 0.29) is 0 Å². The monoisotopic (exact) mass is 326 g/mol. The quantitative estimate of drug-likeness (QED) is 0.570. The van der Waals surface area contributed by atoms with Gasteiger partial charge in [-0.25, -0.2) is 0 Å². The first-order chi connectivity index (χ1) is 10.3. The molecule has 4 heteroatoms. The average Bonchev–Trinajstić information content (AvgIpc) is 2.49. The van der Waals surface area contributed by atoms with Gasteiger partial charge in [0.05, 0.1) is 0 Å². The molecule has 0 saturated carbocycles. The van der Waals surface area contributed by atoms with Crippen molar-refractivity contribution < 1.29 is 0 Å². The molecule has 1 aromatic rings. The normalized spacial score (nSPS) is 11.5. The van der Waals surface area contributed by atoms with Crippen LogP contribution in [0.3, 0.4) is 0 Å². The summed E-state index contributed by atoms with van der Waals surface area (Å²) in [6, 6.07) is 10.8. The molecule has 0 N–H and O–H groups in total. The van der Waals surface area contributed by atoms with Crippen LogP contribution in [0.25, 0.3) is 0 Å². The Labute approximate surface area is 141 Å². The summed E-state index contributed by atoms with van der Waals surface area (Å²) in [6.45, 7) is 5.64. The molecule has 120 valence electrons. The number of aryl methyl sites for hydroxylation is 1. The maximum Gasteiger partial charge on any atom is 0.00702 e. The molecule has 0 fully saturated rings. The van der Waals surface area contributed by atoms with Gasteiger partial charge in [-0.05, 0) is 51.5 Å². The van der Waals surface area contributed by atoms with Crippen molar-refractivity contribution in [2.45, 2.75) is 19.3 Å². The molecule has 0 spiro atoms. The number of rotatable bonds is 12. The van der Waals surface area contributed by atoms with Crippen LogP contribution in [0.15, 0.2) is 30.3 Å². The summed E-state index contributed by atoms with van der Waals surface area (Å²) < 4.78 is 0. The lowest BCUT2D eigenvalue weighted by atomic mass is 10.1. The van der Waals surface area contributed by atoms with Crippen LogP contribution in [0, 0.1) is 0 Å². The van der Waals surface area contributed by atoms with Gasteiger partial charge in [0.2, 0.25) is 0 Å². The van der Waals surface area contributed by atoms with E-state index in [0.717, 1.165) is 31.1 Å². The van der Waals surface area contributed by atoms with Crippen molar-refractivity contribution in [1.29, 1.82) is 0 Å². The Balaban J connectivity index is 2.09. The van der Waals surface area contributed by atoms with E-state index in [1.807, 2.05) is 0 Å². The van der Waals surface area contributed by atoms with Gasteiger partial charge in [-0.1, -0.05) is 30.3 Å². The van der Waals surface area contributed by atoms with E-state index in [1.165, 1.54) is 37.9 Å². The van der Waals surface area contributed by atoms with E-state index in [4.69, 9.17) is 0 Å². The third-order valence-electron chi connectivity index (χ3n) is 3.69. The topological polar surface area (TPSA) is 6.48 Å². The fraction of sp³-hybridized carbons (Fsp3) is 0.647. The highest BCUT2D eigenvalue weighted by molar-refractivity contribution is 7.80. The highest BCUT2D eigenvalue weighted by atomic mass is 32.1. The first-order valence-electron chi connectivity index (χ1n) is 7.93. The molecule has 0 heterocycles. The molecule has 0 bridgehead atoms. The molecule has 0 aliphatic rings. The van der Waals surface area contributed by atoms with Gasteiger partial charge in [0.1, 0.15) is 0 Å². The third kappa shape index (κ3) is 9.46. The summed E-state index contributed by atoms with van der Waals surface area (Å²) in [6.07, 6.45) is 3.64. The second kappa shape index (κ2) is 12.4. The summed E-state index contributed by atoms with van der Waals surface area (Å²) in [4.78, 5) is 4.90. The minimum Gasteiger partial charge on any atom is -0.306 e. The van der Waals surface area contributed by atoms with Crippen molar-refractivity contribution in [3.8, 4) is 0 Å². The highest BCUT2D eigenvalue weighted by Gasteiger charge is 2.04. The molecule has 0 aliphatic heterocycles. The van der Waals surface area contributed by atoms with Crippen molar-refractivity contribution >= 4 is 25.3 Å². The molecular weight excluding hydrogens is 296 g/mol. The lowest BCUT2D eigenvalue weighted by Gasteiger charge is -2.22. The van der Waals surface area contributed by atoms with Gasteiger partial charge in [-0.3, -0.25) is 0 Å². The van der Waals surface area contributed by atoms with Crippen molar-refractivity contribution in [2.75, 3.05) is 51.3 Å². The van der Waals surface area contributed by atoms with Crippen LogP contribution >= 0.6 is 25.3 Å². The predicted octanol–water partition coefficient (Wildman–Crippen LogP) is 3.10. The Hall–Kier alpha value is -0.160. The smallest absolute Gasteiger partial charge is 0.00702 e. The Morgan fingerprint density at radius 3 is 2.05 bits per heavy atom. The van der Waals surface area contributed by atoms with E-state index in [0.29, 0.717) is 0 Å². The largest absolute Gasteiger partial charge is 0.306 e. The molecule has 21 heavy (non-hydrogen) atoms. The molecule has 0 aliphatic carbocycles. The second-order valence-electron chi connectivity index (χ2n) is 5.53. The molecule has 2 nitrogen and oxygen atoms in total. The van der Waals surface area contributed by atoms with E-state index in [9.17, 15) is 0 Å². The first kappa shape index (κ1) is 18.9. The zero-order valence-corrected chi connectivity index (χ0v) is 15.0. The fourth-order valence-corrected chi connectivity index (χ4v) is 3.06. The van der Waals surface area contributed by atoms with Gasteiger partial charge < -0.3 is 9.80 Å². The van der Waals surface area contributed by atoms with Gasteiger partial charge in [0.25, 0.3) is 0 Å². The van der Waals surface area contributed by atoms with Gasteiger partial charge in [-0.2, -0.15) is 25.3 Å². The van der Waals surface area contributed by atoms with Gasteiger partial charge in [-0.15, -0.1) is 0 Å². The summed E-state index contributed by atoms with van der Waals surface area (Å²) in [5.74, 6) is 1.86. The summed E-state index contributed by atoms with van der Waals surface area (Å²) >= 11 is 8.64. The standard InChI is InChI=1S/C17H30N2S2/c1-18(10-5-9-17-7-3-2-4-8-17)11-6-12-19(13-15-20)14-16-21/h2-4,7-8,20-21H,5-6,9-16H2,1H3. The van der Waals surface area contributed by atoms with Crippen molar-refractivity contribution in [2.24, 2.45) is 0 Å². The van der Waals surface area contributed by atoms with Crippen molar-refractivity contribution in [1.82, 2.24) is 9.80 Å². The second-order valence-corrected chi connectivity index (χ2v) is 6.43. The van der Waals surface area contributed by atoms with E-state index < -0.39 is 0 Å². The molecule has 0 saturated heterocycles. The number of benzene rings is 1. The Morgan fingerprint density at radius 1 is 0.810 bits per heavy atom. The maximum atomic E-state index is 4.32. The van der Waals surface area contributed by atoms with Crippen LogP contribution in [0.2, 0.25) is 0 Å². The molecule has 0 unspecified atom stereocenters. The maximum absolute atomic E-state index is 4.32.